The van der Waals surface area contributed by atoms with E-state index in [-0.39, 0.29) is 25.3 Å². The number of fused-ring (bicyclic) bond motifs is 1. The Kier molecular flexibility index (Phi) is 11.0. The van der Waals surface area contributed by atoms with Crippen molar-refractivity contribution in [3.8, 4) is 0 Å². The maximum absolute atomic E-state index is 13.0. The highest BCUT2D eigenvalue weighted by molar-refractivity contribution is 5.96. The monoisotopic (exact) mass is 531 g/mol. The van der Waals surface area contributed by atoms with Gasteiger partial charge < -0.3 is 49.0 Å². The zero-order valence-corrected chi connectivity index (χ0v) is 20.6. The zero-order valence-electron chi connectivity index (χ0n) is 20.6. The van der Waals surface area contributed by atoms with Gasteiger partial charge in [-0.1, -0.05) is 18.2 Å². The maximum atomic E-state index is 13.0. The fraction of sp³-hybridized carbons (Fsp3) is 0.391. The first-order valence-electron chi connectivity index (χ1n) is 11.7. The van der Waals surface area contributed by atoms with Crippen molar-refractivity contribution in [3.63, 3.8) is 0 Å². The van der Waals surface area contributed by atoms with Crippen LogP contribution in [0.4, 0.5) is 0 Å². The second-order valence-electron chi connectivity index (χ2n) is 8.47. The van der Waals surface area contributed by atoms with Gasteiger partial charge in [-0.15, -0.1) is 0 Å². The number of amides is 4. The number of nitrogens with zero attached hydrogens (tertiary/aromatic N) is 1. The number of rotatable bonds is 15. The number of nitrogens with one attached hydrogen (secondary N) is 4. The number of nitrogens with two attached hydrogens (primary N) is 4. The van der Waals surface area contributed by atoms with Crippen molar-refractivity contribution in [1.82, 2.24) is 20.9 Å². The molecule has 3 unspecified atom stereocenters. The van der Waals surface area contributed by atoms with E-state index in [9.17, 15) is 29.1 Å². The number of benzene rings is 1. The minimum Gasteiger partial charge on any atom is -0.480 e. The standard InChI is InChI=1S/C23H33N9O6/c24-10-19(34)30-15(6-3-7-28-23(26)27)20(35)31-16(9-18(25)33)21(36)32-17(22(37)38)8-12-11-29-14-5-2-1-4-13(12)14/h1-2,4-5,11,15-17,29H,3,6-10,24H2,(H2,25,33)(H,30,34)(H,31,35)(H,32,36)(H,37,38)(H4,26,27,28). The minimum absolute atomic E-state index is 0.0672. The van der Waals surface area contributed by atoms with E-state index in [0.29, 0.717) is 12.0 Å². The van der Waals surface area contributed by atoms with Gasteiger partial charge in [0.15, 0.2) is 5.96 Å². The van der Waals surface area contributed by atoms with Crippen LogP contribution in [0.25, 0.3) is 10.9 Å². The molecule has 2 aromatic rings. The number of para-hydroxylation sites is 1. The summed E-state index contributed by atoms with van der Waals surface area (Å²) < 4.78 is 0. The third-order valence-corrected chi connectivity index (χ3v) is 5.53. The smallest absolute Gasteiger partial charge is 0.326 e. The summed E-state index contributed by atoms with van der Waals surface area (Å²) in [5.41, 5.74) is 22.6. The molecule has 0 aliphatic carbocycles. The lowest BCUT2D eigenvalue weighted by Gasteiger charge is -2.24. The van der Waals surface area contributed by atoms with Gasteiger partial charge in [-0.25, -0.2) is 4.79 Å². The molecule has 0 radical (unpaired) electrons. The Labute approximate surface area is 217 Å². The molecule has 1 heterocycles. The highest BCUT2D eigenvalue weighted by Crippen LogP contribution is 2.19. The van der Waals surface area contributed by atoms with Gasteiger partial charge in [-0.2, -0.15) is 0 Å². The van der Waals surface area contributed by atoms with Crippen molar-refractivity contribution >= 4 is 46.5 Å². The number of hydrogen-bond acceptors (Lipinski definition) is 7. The molecule has 13 N–H and O–H groups in total. The lowest BCUT2D eigenvalue weighted by Crippen LogP contribution is -2.57. The predicted molar refractivity (Wildman–Crippen MR) is 138 cm³/mol. The quantitative estimate of drug-likeness (QED) is 0.0648. The summed E-state index contributed by atoms with van der Waals surface area (Å²) in [6, 6.07) is 3.24. The third kappa shape index (κ3) is 9.09. The molecule has 0 saturated carbocycles. The lowest BCUT2D eigenvalue weighted by atomic mass is 10.0. The van der Waals surface area contributed by atoms with Crippen LogP contribution in [0, 0.1) is 0 Å². The number of carbonyl (C=O) groups is 5. The van der Waals surface area contributed by atoms with Crippen LogP contribution in [0.2, 0.25) is 0 Å². The van der Waals surface area contributed by atoms with E-state index in [1.54, 1.807) is 18.3 Å². The summed E-state index contributed by atoms with van der Waals surface area (Å²) in [5, 5.41) is 17.7. The Bertz CT molecular complexity index is 1190. The van der Waals surface area contributed by atoms with Gasteiger partial charge in [0.2, 0.25) is 23.6 Å². The van der Waals surface area contributed by atoms with E-state index >= 15 is 0 Å². The van der Waals surface area contributed by atoms with E-state index in [2.05, 4.69) is 25.9 Å². The number of carboxylic acids is 1. The first kappa shape index (κ1) is 29.6. The predicted octanol–water partition coefficient (Wildman–Crippen LogP) is -2.86. The second kappa shape index (κ2) is 14.2. The minimum atomic E-state index is -1.50. The van der Waals surface area contributed by atoms with Crippen LogP contribution < -0.4 is 38.9 Å². The largest absolute Gasteiger partial charge is 0.480 e. The Morgan fingerprint density at radius 1 is 0.947 bits per heavy atom. The molecule has 4 amide bonds. The molecule has 0 aliphatic rings. The average molecular weight is 532 g/mol. The first-order chi connectivity index (χ1) is 18.0. The molecule has 15 nitrogen and oxygen atoms in total. The van der Waals surface area contributed by atoms with E-state index in [0.717, 1.165) is 10.9 Å². The Morgan fingerprint density at radius 2 is 1.61 bits per heavy atom. The van der Waals surface area contributed by atoms with Gasteiger partial charge in [0.05, 0.1) is 13.0 Å². The number of primary amides is 1. The molecule has 0 bridgehead atoms. The zero-order chi connectivity index (χ0) is 28.2. The molecule has 1 aromatic carbocycles. The van der Waals surface area contributed by atoms with Crippen molar-refractivity contribution in [2.75, 3.05) is 13.1 Å². The average Bonchev–Trinajstić information content (AvgIpc) is 3.27. The Hall–Kier alpha value is -4.66. The Morgan fingerprint density at radius 3 is 2.24 bits per heavy atom. The van der Waals surface area contributed by atoms with Crippen molar-refractivity contribution in [3.05, 3.63) is 36.0 Å². The summed E-state index contributed by atoms with van der Waals surface area (Å²) in [6.45, 7) is -0.221. The molecule has 38 heavy (non-hydrogen) atoms. The van der Waals surface area contributed by atoms with E-state index in [1.807, 2.05) is 12.1 Å². The SMILES string of the molecule is NCC(=O)NC(CCCN=C(N)N)C(=O)NC(CC(N)=O)C(=O)NC(Cc1c[nH]c2ccccc12)C(=O)O. The normalized spacial score (nSPS) is 13.1. The second-order valence-corrected chi connectivity index (χ2v) is 8.47. The molecule has 206 valence electrons. The molecule has 0 fully saturated rings. The number of carbonyl (C=O) groups excluding carboxylic acids is 4. The molecule has 0 spiro atoms. The number of carboxylic acid groups (broad SMARTS) is 1. The summed E-state index contributed by atoms with van der Waals surface area (Å²) in [6.07, 6.45) is 1.34. The molecule has 0 saturated heterocycles. The molecule has 2 rings (SSSR count). The van der Waals surface area contributed by atoms with Gasteiger partial charge in [0.25, 0.3) is 0 Å². The molecule has 3 atom stereocenters. The van der Waals surface area contributed by atoms with Crippen LogP contribution >= 0.6 is 0 Å². The number of H-pyrrole nitrogens is 1. The lowest BCUT2D eigenvalue weighted by molar-refractivity contribution is -0.142. The summed E-state index contributed by atoms with van der Waals surface area (Å²) in [7, 11) is 0. The number of aromatic nitrogens is 1. The van der Waals surface area contributed by atoms with Crippen molar-refractivity contribution in [2.24, 2.45) is 27.9 Å². The summed E-state index contributed by atoms with van der Waals surface area (Å²) in [5.74, 6) is -4.75. The van der Waals surface area contributed by atoms with Crippen LogP contribution in [0.3, 0.4) is 0 Å². The number of aromatic amines is 1. The number of aliphatic carboxylic acids is 1. The number of hydrogen-bond donors (Lipinski definition) is 9. The van der Waals surface area contributed by atoms with Gasteiger partial charge in [0, 0.05) is 30.1 Å². The van der Waals surface area contributed by atoms with Gasteiger partial charge in [-0.3, -0.25) is 24.2 Å². The van der Waals surface area contributed by atoms with Crippen LogP contribution in [0.1, 0.15) is 24.8 Å². The van der Waals surface area contributed by atoms with Crippen molar-refractivity contribution < 1.29 is 29.1 Å². The van der Waals surface area contributed by atoms with Gasteiger partial charge in [-0.05, 0) is 24.5 Å². The first-order valence-corrected chi connectivity index (χ1v) is 11.7. The highest BCUT2D eigenvalue weighted by Gasteiger charge is 2.31. The fourth-order valence-electron chi connectivity index (χ4n) is 3.70. The maximum Gasteiger partial charge on any atom is 0.326 e. The van der Waals surface area contributed by atoms with E-state index in [1.165, 1.54) is 0 Å². The Balaban J connectivity index is 2.16. The van der Waals surface area contributed by atoms with Crippen LogP contribution in [0.15, 0.2) is 35.5 Å². The van der Waals surface area contributed by atoms with Crippen molar-refractivity contribution in [2.45, 2.75) is 43.8 Å². The van der Waals surface area contributed by atoms with Gasteiger partial charge >= 0.3 is 5.97 Å². The molecule has 15 heteroatoms. The molecule has 1 aromatic heterocycles. The van der Waals surface area contributed by atoms with Crippen molar-refractivity contribution in [1.29, 1.82) is 0 Å². The summed E-state index contributed by atoms with van der Waals surface area (Å²) >= 11 is 0. The molecule has 0 aliphatic heterocycles. The fourth-order valence-corrected chi connectivity index (χ4v) is 3.70. The molecular formula is C23H33N9O6. The van der Waals surface area contributed by atoms with Gasteiger partial charge in [0.1, 0.15) is 18.1 Å². The van der Waals surface area contributed by atoms with Crippen LogP contribution in [0.5, 0.6) is 0 Å². The topological polar surface area (TPSA) is 274 Å². The highest BCUT2D eigenvalue weighted by atomic mass is 16.4. The summed E-state index contributed by atoms with van der Waals surface area (Å²) in [4.78, 5) is 68.2. The van der Waals surface area contributed by atoms with E-state index in [4.69, 9.17) is 22.9 Å². The number of aliphatic imine (C=N–C) groups is 1. The van der Waals surface area contributed by atoms with E-state index < -0.39 is 60.7 Å². The molecular weight excluding hydrogens is 498 g/mol. The number of guanidine groups is 1. The van der Waals surface area contributed by atoms with Crippen LogP contribution in [-0.2, 0) is 30.4 Å². The third-order valence-electron chi connectivity index (χ3n) is 5.53. The van der Waals surface area contributed by atoms with Crippen LogP contribution in [-0.4, -0.2) is 76.9 Å².